The minimum Gasteiger partial charge on any atom is -0.387 e. The number of aliphatic hydroxyl groups is 1. The van der Waals surface area contributed by atoms with Gasteiger partial charge < -0.3 is 5.11 Å². The number of benzene rings is 1. The Kier molecular flexibility index (Phi) is 3.03. The van der Waals surface area contributed by atoms with Gasteiger partial charge in [-0.2, -0.15) is 10.5 Å². The van der Waals surface area contributed by atoms with Crippen LogP contribution in [0, 0.1) is 22.7 Å². The lowest BCUT2D eigenvalue weighted by molar-refractivity contribution is 0.183. The Hall–Kier alpha value is -1.84. The molecule has 1 aromatic rings. The second-order valence-electron chi connectivity index (χ2n) is 2.62. The molecular formula is C10H8N2O. The Labute approximate surface area is 76.5 Å². The lowest BCUT2D eigenvalue weighted by Crippen LogP contribution is -1.95. The zero-order chi connectivity index (χ0) is 9.68. The summed E-state index contributed by atoms with van der Waals surface area (Å²) in [7, 11) is 0. The molecule has 0 aliphatic carbocycles. The molecule has 0 bridgehead atoms. The molecule has 13 heavy (non-hydrogen) atoms. The normalized spacial score (nSPS) is 11.3. The quantitative estimate of drug-likeness (QED) is 0.735. The van der Waals surface area contributed by atoms with E-state index in [2.05, 4.69) is 0 Å². The molecule has 0 radical (unpaired) electrons. The van der Waals surface area contributed by atoms with Crippen molar-refractivity contribution < 1.29 is 5.11 Å². The van der Waals surface area contributed by atoms with E-state index < -0.39 is 6.10 Å². The van der Waals surface area contributed by atoms with Gasteiger partial charge in [0.1, 0.15) is 0 Å². The smallest absolute Gasteiger partial charge is 0.0991 e. The third-order valence-corrected chi connectivity index (χ3v) is 1.69. The van der Waals surface area contributed by atoms with Crippen LogP contribution < -0.4 is 0 Å². The lowest BCUT2D eigenvalue weighted by Gasteiger charge is -2.05. The molecular weight excluding hydrogens is 164 g/mol. The second-order valence-corrected chi connectivity index (χ2v) is 2.62. The van der Waals surface area contributed by atoms with Crippen molar-refractivity contribution in [3.8, 4) is 12.1 Å². The van der Waals surface area contributed by atoms with Gasteiger partial charge in [0.25, 0.3) is 0 Å². The highest BCUT2D eigenvalue weighted by molar-refractivity contribution is 5.33. The molecule has 1 atom stereocenters. The summed E-state index contributed by atoms with van der Waals surface area (Å²) in [4.78, 5) is 0. The average Bonchev–Trinajstić information content (AvgIpc) is 2.18. The molecule has 0 saturated heterocycles. The molecule has 0 aliphatic heterocycles. The molecule has 0 fully saturated rings. The molecule has 0 saturated carbocycles. The minimum absolute atomic E-state index is 0.0505. The first kappa shape index (κ1) is 9.25. The van der Waals surface area contributed by atoms with E-state index in [9.17, 15) is 5.11 Å². The number of aliphatic hydroxyl groups excluding tert-OH is 1. The Morgan fingerprint density at radius 1 is 1.38 bits per heavy atom. The third kappa shape index (κ3) is 2.30. The molecule has 1 N–H and O–H groups in total. The van der Waals surface area contributed by atoms with Crippen LogP contribution in [0.25, 0.3) is 0 Å². The van der Waals surface area contributed by atoms with Crippen molar-refractivity contribution in [2.75, 3.05) is 0 Å². The van der Waals surface area contributed by atoms with Gasteiger partial charge in [-0.1, -0.05) is 12.1 Å². The van der Waals surface area contributed by atoms with Gasteiger partial charge in [0, 0.05) is 0 Å². The molecule has 0 aromatic heterocycles. The number of hydrogen-bond donors (Lipinski definition) is 1. The summed E-state index contributed by atoms with van der Waals surface area (Å²) in [6, 6.07) is 10.5. The molecule has 0 amide bonds. The number of rotatable bonds is 2. The van der Waals surface area contributed by atoms with Gasteiger partial charge in [-0.25, -0.2) is 0 Å². The molecule has 1 aromatic carbocycles. The standard InChI is InChI=1S/C10H8N2O/c11-5-4-10(13)9-3-1-2-8(6-9)7-12/h1-3,6,10,13H,4H2. The van der Waals surface area contributed by atoms with Crippen LogP contribution in [0.5, 0.6) is 0 Å². The molecule has 3 heteroatoms. The van der Waals surface area contributed by atoms with Crippen LogP contribution >= 0.6 is 0 Å². The Balaban J connectivity index is 2.91. The monoisotopic (exact) mass is 172 g/mol. The molecule has 64 valence electrons. The zero-order valence-electron chi connectivity index (χ0n) is 6.94. The van der Waals surface area contributed by atoms with Crippen LogP contribution in [0.2, 0.25) is 0 Å². The summed E-state index contributed by atoms with van der Waals surface area (Å²) < 4.78 is 0. The van der Waals surface area contributed by atoms with Crippen molar-refractivity contribution >= 4 is 0 Å². The van der Waals surface area contributed by atoms with E-state index in [0.29, 0.717) is 11.1 Å². The van der Waals surface area contributed by atoms with Gasteiger partial charge in [0.15, 0.2) is 0 Å². The van der Waals surface area contributed by atoms with E-state index in [1.807, 2.05) is 12.1 Å². The van der Waals surface area contributed by atoms with E-state index in [4.69, 9.17) is 10.5 Å². The molecule has 3 nitrogen and oxygen atoms in total. The molecule has 0 heterocycles. The van der Waals surface area contributed by atoms with Gasteiger partial charge in [-0.3, -0.25) is 0 Å². The highest BCUT2D eigenvalue weighted by Gasteiger charge is 2.06. The van der Waals surface area contributed by atoms with E-state index >= 15 is 0 Å². The first-order valence-corrected chi connectivity index (χ1v) is 3.83. The fraction of sp³-hybridized carbons (Fsp3) is 0.200. The Morgan fingerprint density at radius 3 is 2.77 bits per heavy atom. The predicted molar refractivity (Wildman–Crippen MR) is 46.3 cm³/mol. The van der Waals surface area contributed by atoms with Crippen molar-refractivity contribution in [3.63, 3.8) is 0 Å². The van der Waals surface area contributed by atoms with Crippen LogP contribution in [0.4, 0.5) is 0 Å². The molecule has 0 aliphatic rings. The van der Waals surface area contributed by atoms with Crippen LogP contribution in [-0.2, 0) is 0 Å². The maximum atomic E-state index is 9.41. The third-order valence-electron chi connectivity index (χ3n) is 1.69. The maximum Gasteiger partial charge on any atom is 0.0991 e. The first-order chi connectivity index (χ1) is 6.27. The fourth-order valence-electron chi connectivity index (χ4n) is 1.02. The fourth-order valence-corrected chi connectivity index (χ4v) is 1.02. The van der Waals surface area contributed by atoms with Crippen molar-refractivity contribution in [2.45, 2.75) is 12.5 Å². The number of hydrogen-bond acceptors (Lipinski definition) is 3. The minimum atomic E-state index is -0.793. The first-order valence-electron chi connectivity index (χ1n) is 3.83. The second kappa shape index (κ2) is 4.25. The summed E-state index contributed by atoms with van der Waals surface area (Å²) in [6.07, 6.45) is -0.743. The van der Waals surface area contributed by atoms with Crippen LogP contribution in [0.15, 0.2) is 24.3 Å². The molecule has 1 rings (SSSR count). The highest BCUT2D eigenvalue weighted by atomic mass is 16.3. The van der Waals surface area contributed by atoms with E-state index in [0.717, 1.165) is 0 Å². The van der Waals surface area contributed by atoms with E-state index in [1.54, 1.807) is 24.3 Å². The van der Waals surface area contributed by atoms with Gasteiger partial charge >= 0.3 is 0 Å². The predicted octanol–water partition coefficient (Wildman–Crippen LogP) is 1.51. The summed E-state index contributed by atoms with van der Waals surface area (Å²) in [5.41, 5.74) is 1.11. The van der Waals surface area contributed by atoms with Crippen LogP contribution in [0.3, 0.4) is 0 Å². The van der Waals surface area contributed by atoms with Crippen LogP contribution in [-0.4, -0.2) is 5.11 Å². The lowest BCUT2D eigenvalue weighted by atomic mass is 10.0. The van der Waals surface area contributed by atoms with Gasteiger partial charge in [-0.15, -0.1) is 0 Å². The van der Waals surface area contributed by atoms with Crippen molar-refractivity contribution in [2.24, 2.45) is 0 Å². The van der Waals surface area contributed by atoms with Crippen molar-refractivity contribution in [3.05, 3.63) is 35.4 Å². The summed E-state index contributed by atoms with van der Waals surface area (Å²) in [5, 5.41) is 26.3. The van der Waals surface area contributed by atoms with E-state index in [-0.39, 0.29) is 6.42 Å². The SMILES string of the molecule is N#CCC(O)c1cccc(C#N)c1. The Morgan fingerprint density at radius 2 is 2.15 bits per heavy atom. The number of nitrogens with zero attached hydrogens (tertiary/aromatic N) is 2. The topological polar surface area (TPSA) is 67.8 Å². The summed E-state index contributed by atoms with van der Waals surface area (Å²) in [5.74, 6) is 0. The average molecular weight is 172 g/mol. The molecule has 0 spiro atoms. The molecule has 1 unspecified atom stereocenters. The van der Waals surface area contributed by atoms with Gasteiger partial charge in [0.2, 0.25) is 0 Å². The maximum absolute atomic E-state index is 9.41. The van der Waals surface area contributed by atoms with Crippen molar-refractivity contribution in [1.82, 2.24) is 0 Å². The zero-order valence-corrected chi connectivity index (χ0v) is 6.94. The van der Waals surface area contributed by atoms with Gasteiger partial charge in [-0.05, 0) is 17.7 Å². The largest absolute Gasteiger partial charge is 0.387 e. The highest BCUT2D eigenvalue weighted by Crippen LogP contribution is 2.16. The Bertz CT molecular complexity index is 373. The summed E-state index contributed by atoms with van der Waals surface area (Å²) >= 11 is 0. The van der Waals surface area contributed by atoms with Crippen molar-refractivity contribution in [1.29, 1.82) is 10.5 Å². The number of nitriles is 2. The van der Waals surface area contributed by atoms with Gasteiger partial charge in [0.05, 0.1) is 30.2 Å². The summed E-state index contributed by atoms with van der Waals surface area (Å²) in [6.45, 7) is 0. The van der Waals surface area contributed by atoms with E-state index in [1.165, 1.54) is 0 Å². The van der Waals surface area contributed by atoms with Crippen LogP contribution in [0.1, 0.15) is 23.7 Å².